The summed E-state index contributed by atoms with van der Waals surface area (Å²) in [6.07, 6.45) is 1.05. The van der Waals surface area contributed by atoms with E-state index >= 15 is 0 Å². The fourth-order valence-electron chi connectivity index (χ4n) is 2.84. The van der Waals surface area contributed by atoms with Gasteiger partial charge in [-0.3, -0.25) is 0 Å². The van der Waals surface area contributed by atoms with Crippen molar-refractivity contribution >= 4 is 27.4 Å². The summed E-state index contributed by atoms with van der Waals surface area (Å²) in [5, 5.41) is 22.7. The lowest BCUT2D eigenvalue weighted by molar-refractivity contribution is 0.468. The van der Waals surface area contributed by atoms with Gasteiger partial charge in [0.2, 0.25) is 11.9 Å². The second kappa shape index (κ2) is 5.69. The smallest absolute Gasteiger partial charge is 0.250 e. The molecule has 0 fully saturated rings. The molecule has 2 aromatic rings. The quantitative estimate of drug-likeness (QED) is 0.842. The number of nitrogen functional groups attached to an aromatic ring is 1. The van der Waals surface area contributed by atoms with Crippen LogP contribution in [0, 0.1) is 28.6 Å². The summed E-state index contributed by atoms with van der Waals surface area (Å²) < 4.78 is 25.9. The molecule has 0 saturated carbocycles. The van der Waals surface area contributed by atoms with Gasteiger partial charge in [0, 0.05) is 12.0 Å². The summed E-state index contributed by atoms with van der Waals surface area (Å²) in [5.41, 5.74) is 6.67. The second-order valence-electron chi connectivity index (χ2n) is 5.66. The lowest BCUT2D eigenvalue weighted by atomic mass is 9.89. The molecule has 1 aromatic heterocycles. The molecule has 0 bridgehead atoms. The van der Waals surface area contributed by atoms with E-state index in [-0.39, 0.29) is 22.4 Å². The van der Waals surface area contributed by atoms with Crippen LogP contribution in [0.3, 0.4) is 0 Å². The molecule has 0 amide bonds. The molecule has 2 unspecified atom stereocenters. The van der Waals surface area contributed by atoms with Crippen molar-refractivity contribution in [2.24, 2.45) is 10.9 Å². The summed E-state index contributed by atoms with van der Waals surface area (Å²) in [6, 6.07) is 7.60. The minimum Gasteiger partial charge on any atom is -0.366 e. The topological polar surface area (TPSA) is 151 Å². The van der Waals surface area contributed by atoms with Crippen LogP contribution in [0.4, 0.5) is 11.9 Å². The molecule has 0 aliphatic carbocycles. The fraction of sp³-hybridized carbons (Fsp3) is 0.267. The highest BCUT2D eigenvalue weighted by molar-refractivity contribution is 7.90. The van der Waals surface area contributed by atoms with Crippen molar-refractivity contribution < 1.29 is 8.42 Å². The molecule has 0 spiro atoms. The maximum absolute atomic E-state index is 12.3. The van der Waals surface area contributed by atoms with Gasteiger partial charge in [-0.25, -0.2) is 18.1 Å². The van der Waals surface area contributed by atoms with Crippen molar-refractivity contribution in [3.63, 3.8) is 0 Å². The standard InChI is InChI=1S/C15H13N7O2S/c1-8-11(7-17)13(22-15(19-8)20-14(18)21-22)10-4-3-9(6-16)5-12(10)25(2,23)24/h3-5,11,13H,1-2H3,(H2,18,21). The summed E-state index contributed by atoms with van der Waals surface area (Å²) in [6.45, 7) is 1.67. The van der Waals surface area contributed by atoms with E-state index in [1.54, 1.807) is 6.92 Å². The Morgan fingerprint density at radius 2 is 2.04 bits per heavy atom. The highest BCUT2D eigenvalue weighted by atomic mass is 32.2. The fourth-order valence-corrected chi connectivity index (χ4v) is 3.79. The van der Waals surface area contributed by atoms with E-state index in [0.717, 1.165) is 6.26 Å². The Hall–Kier alpha value is -3.24. The first kappa shape index (κ1) is 16.6. The monoisotopic (exact) mass is 355 g/mol. The molecule has 1 aliphatic rings. The first-order valence-electron chi connectivity index (χ1n) is 7.17. The minimum absolute atomic E-state index is 0.0234. The Labute approximate surface area is 144 Å². The lowest BCUT2D eigenvalue weighted by Crippen LogP contribution is -2.30. The molecule has 25 heavy (non-hydrogen) atoms. The largest absolute Gasteiger partial charge is 0.366 e. The first-order valence-corrected chi connectivity index (χ1v) is 9.06. The molecule has 1 aliphatic heterocycles. The molecule has 0 radical (unpaired) electrons. The van der Waals surface area contributed by atoms with E-state index < -0.39 is 21.8 Å². The van der Waals surface area contributed by atoms with E-state index in [2.05, 4.69) is 21.1 Å². The maximum atomic E-state index is 12.3. The minimum atomic E-state index is -3.65. The number of nitrogens with two attached hydrogens (primary N) is 1. The number of aliphatic imine (C=N–C) groups is 1. The number of nitrogens with zero attached hydrogens (tertiary/aromatic N) is 6. The predicted octanol–water partition coefficient (Wildman–Crippen LogP) is 0.971. The van der Waals surface area contributed by atoms with Crippen LogP contribution < -0.4 is 5.73 Å². The molecule has 2 N–H and O–H groups in total. The van der Waals surface area contributed by atoms with E-state index in [1.807, 2.05) is 6.07 Å². The van der Waals surface area contributed by atoms with Crippen LogP contribution in [0.5, 0.6) is 0 Å². The number of aromatic nitrogens is 3. The van der Waals surface area contributed by atoms with Gasteiger partial charge in [-0.15, -0.1) is 5.10 Å². The van der Waals surface area contributed by atoms with Gasteiger partial charge in [0.15, 0.2) is 9.84 Å². The third kappa shape index (κ3) is 2.73. The van der Waals surface area contributed by atoms with Gasteiger partial charge in [-0.05, 0) is 24.6 Å². The molecule has 1 aromatic carbocycles. The molecule has 2 heterocycles. The Morgan fingerprint density at radius 1 is 1.32 bits per heavy atom. The summed E-state index contributed by atoms with van der Waals surface area (Å²) in [7, 11) is -3.65. The zero-order valence-electron chi connectivity index (χ0n) is 13.4. The predicted molar refractivity (Wildman–Crippen MR) is 88.7 cm³/mol. The lowest BCUT2D eigenvalue weighted by Gasteiger charge is -2.28. The van der Waals surface area contributed by atoms with Crippen molar-refractivity contribution in [1.82, 2.24) is 14.8 Å². The van der Waals surface area contributed by atoms with Crippen molar-refractivity contribution in [3.8, 4) is 12.1 Å². The van der Waals surface area contributed by atoms with Crippen LogP contribution >= 0.6 is 0 Å². The molecule has 9 nitrogen and oxygen atoms in total. The highest BCUT2D eigenvalue weighted by Gasteiger charge is 2.37. The maximum Gasteiger partial charge on any atom is 0.250 e. The molecular formula is C15H13N7O2S. The molecule has 2 atom stereocenters. The van der Waals surface area contributed by atoms with Crippen molar-refractivity contribution in [2.45, 2.75) is 17.9 Å². The number of nitriles is 2. The van der Waals surface area contributed by atoms with Crippen molar-refractivity contribution in [3.05, 3.63) is 29.3 Å². The van der Waals surface area contributed by atoms with Crippen LogP contribution in [0.1, 0.15) is 24.1 Å². The summed E-state index contributed by atoms with van der Waals surface area (Å²) in [5.74, 6) is -0.568. The normalized spacial score (nSPS) is 19.4. The molecule has 126 valence electrons. The summed E-state index contributed by atoms with van der Waals surface area (Å²) >= 11 is 0. The zero-order chi connectivity index (χ0) is 18.4. The molecule has 10 heteroatoms. The van der Waals surface area contributed by atoms with Crippen LogP contribution in [0.2, 0.25) is 0 Å². The second-order valence-corrected chi connectivity index (χ2v) is 7.64. The van der Waals surface area contributed by atoms with Gasteiger partial charge in [-0.1, -0.05) is 6.07 Å². The number of anilines is 1. The third-order valence-corrected chi connectivity index (χ3v) is 5.09. The number of benzene rings is 1. The average molecular weight is 355 g/mol. The number of fused-ring (bicyclic) bond motifs is 1. The van der Waals surface area contributed by atoms with Crippen LogP contribution in [-0.2, 0) is 9.84 Å². The molecule has 3 rings (SSSR count). The Kier molecular flexibility index (Phi) is 3.78. The van der Waals surface area contributed by atoms with Gasteiger partial charge >= 0.3 is 0 Å². The van der Waals surface area contributed by atoms with Gasteiger partial charge < -0.3 is 5.73 Å². The van der Waals surface area contributed by atoms with Crippen LogP contribution in [-0.4, -0.2) is 35.1 Å². The molecular weight excluding hydrogens is 342 g/mol. The van der Waals surface area contributed by atoms with Crippen molar-refractivity contribution in [2.75, 3.05) is 12.0 Å². The third-order valence-electron chi connectivity index (χ3n) is 3.94. The molecule has 0 saturated heterocycles. The summed E-state index contributed by atoms with van der Waals surface area (Å²) in [4.78, 5) is 8.19. The van der Waals surface area contributed by atoms with Gasteiger partial charge in [0.05, 0.1) is 22.6 Å². The highest BCUT2D eigenvalue weighted by Crippen LogP contribution is 2.38. The van der Waals surface area contributed by atoms with Crippen LogP contribution in [0.25, 0.3) is 0 Å². The van der Waals surface area contributed by atoms with Gasteiger partial charge in [0.25, 0.3) is 0 Å². The average Bonchev–Trinajstić information content (AvgIpc) is 2.91. The van der Waals surface area contributed by atoms with Crippen molar-refractivity contribution in [1.29, 1.82) is 10.5 Å². The number of hydrogen-bond donors (Lipinski definition) is 1. The Balaban J connectivity index is 2.33. The zero-order valence-corrected chi connectivity index (χ0v) is 14.2. The first-order chi connectivity index (χ1) is 11.8. The van der Waals surface area contributed by atoms with E-state index in [9.17, 15) is 13.7 Å². The van der Waals surface area contributed by atoms with E-state index in [4.69, 9.17) is 11.0 Å². The SMILES string of the molecule is CC1=Nc2nc(N)nn2C(c2ccc(C#N)cc2S(C)(=O)=O)C1C#N. The van der Waals surface area contributed by atoms with Crippen LogP contribution in [0.15, 0.2) is 28.1 Å². The van der Waals surface area contributed by atoms with Gasteiger partial charge in [0.1, 0.15) is 12.0 Å². The Morgan fingerprint density at radius 3 is 2.64 bits per heavy atom. The van der Waals surface area contributed by atoms with E-state index in [1.165, 1.54) is 22.9 Å². The van der Waals surface area contributed by atoms with E-state index in [0.29, 0.717) is 11.3 Å². The number of rotatable bonds is 2. The number of sulfone groups is 1. The Bertz CT molecular complexity index is 1090. The van der Waals surface area contributed by atoms with Gasteiger partial charge in [-0.2, -0.15) is 15.5 Å². The number of hydrogen-bond acceptors (Lipinski definition) is 8.